The molecule has 0 aromatic carbocycles. The van der Waals surface area contributed by atoms with Crippen molar-refractivity contribution in [2.75, 3.05) is 30.7 Å². The SMILES string of the molecule is CCN1CCCC1CNc1cc(N)c(C(=O)NC2CC2)s1. The average molecular weight is 308 g/mol. The fourth-order valence-corrected chi connectivity index (χ4v) is 3.80. The van der Waals surface area contributed by atoms with Gasteiger partial charge in [0.1, 0.15) is 4.88 Å². The maximum absolute atomic E-state index is 12.1. The Morgan fingerprint density at radius 2 is 2.29 bits per heavy atom. The highest BCUT2D eigenvalue weighted by Gasteiger charge is 2.26. The Kier molecular flexibility index (Phi) is 4.35. The van der Waals surface area contributed by atoms with Crippen LogP contribution in [0.15, 0.2) is 6.07 Å². The zero-order valence-corrected chi connectivity index (χ0v) is 13.3. The van der Waals surface area contributed by atoms with E-state index >= 15 is 0 Å². The van der Waals surface area contributed by atoms with Gasteiger partial charge in [-0.2, -0.15) is 0 Å². The van der Waals surface area contributed by atoms with Crippen molar-refractivity contribution in [2.45, 2.75) is 44.7 Å². The van der Waals surface area contributed by atoms with Crippen LogP contribution in [0.5, 0.6) is 0 Å². The maximum atomic E-state index is 12.1. The molecule has 5 nitrogen and oxygen atoms in total. The molecule has 21 heavy (non-hydrogen) atoms. The fraction of sp³-hybridized carbons (Fsp3) is 0.667. The maximum Gasteiger partial charge on any atom is 0.263 e. The standard InChI is InChI=1S/C15H24N4OS/c1-2-19-7-3-4-11(19)9-17-13-8-12(16)14(21-13)15(20)18-10-5-6-10/h8,10-11,17H,2-7,9,16H2,1H3,(H,18,20). The molecule has 4 N–H and O–H groups in total. The van der Waals surface area contributed by atoms with E-state index in [9.17, 15) is 4.79 Å². The summed E-state index contributed by atoms with van der Waals surface area (Å²) in [5.41, 5.74) is 6.56. The molecule has 1 amide bonds. The first-order chi connectivity index (χ1) is 10.2. The fourth-order valence-electron chi connectivity index (χ4n) is 2.91. The van der Waals surface area contributed by atoms with Crippen LogP contribution >= 0.6 is 11.3 Å². The molecule has 0 spiro atoms. The van der Waals surface area contributed by atoms with Crippen LogP contribution < -0.4 is 16.4 Å². The van der Waals surface area contributed by atoms with Gasteiger partial charge in [0.05, 0.1) is 10.7 Å². The molecule has 2 heterocycles. The minimum Gasteiger partial charge on any atom is -0.397 e. The van der Waals surface area contributed by atoms with Crippen molar-refractivity contribution in [3.8, 4) is 0 Å². The Bertz CT molecular complexity index is 512. The molecule has 1 aliphatic carbocycles. The van der Waals surface area contributed by atoms with Gasteiger partial charge in [0.15, 0.2) is 0 Å². The van der Waals surface area contributed by atoms with Crippen LogP contribution in [0.25, 0.3) is 0 Å². The second-order valence-electron chi connectivity index (χ2n) is 5.95. The Morgan fingerprint density at radius 3 is 3.00 bits per heavy atom. The molecule has 1 aliphatic heterocycles. The molecule has 6 heteroatoms. The Labute approximate surface area is 129 Å². The Morgan fingerprint density at radius 1 is 1.48 bits per heavy atom. The lowest BCUT2D eigenvalue weighted by Crippen LogP contribution is -2.34. The van der Waals surface area contributed by atoms with Gasteiger partial charge in [-0.25, -0.2) is 0 Å². The summed E-state index contributed by atoms with van der Waals surface area (Å²) >= 11 is 1.46. The first kappa shape index (κ1) is 14.7. The van der Waals surface area contributed by atoms with E-state index in [-0.39, 0.29) is 5.91 Å². The number of hydrogen-bond donors (Lipinski definition) is 3. The van der Waals surface area contributed by atoms with Gasteiger partial charge in [-0.3, -0.25) is 9.69 Å². The molecule has 2 aliphatic rings. The second-order valence-corrected chi connectivity index (χ2v) is 7.00. The minimum absolute atomic E-state index is 0.0240. The van der Waals surface area contributed by atoms with Crippen molar-refractivity contribution in [3.63, 3.8) is 0 Å². The number of likely N-dealkylation sites (N-methyl/N-ethyl adjacent to an activating group) is 1. The molecule has 0 radical (unpaired) electrons. The summed E-state index contributed by atoms with van der Waals surface area (Å²) in [5, 5.41) is 7.44. The highest BCUT2D eigenvalue weighted by Crippen LogP contribution is 2.30. The zero-order valence-electron chi connectivity index (χ0n) is 12.5. The van der Waals surface area contributed by atoms with Gasteiger partial charge in [0.25, 0.3) is 5.91 Å². The molecule has 1 atom stereocenters. The molecule has 2 fully saturated rings. The average Bonchev–Trinajstić information content (AvgIpc) is 3.02. The minimum atomic E-state index is -0.0240. The van der Waals surface area contributed by atoms with Crippen LogP contribution in [0.4, 0.5) is 10.7 Å². The third-order valence-corrected chi connectivity index (χ3v) is 5.40. The molecule has 1 aromatic rings. The molecular weight excluding hydrogens is 284 g/mol. The van der Waals surface area contributed by atoms with E-state index in [2.05, 4.69) is 22.5 Å². The molecule has 1 unspecified atom stereocenters. The summed E-state index contributed by atoms with van der Waals surface area (Å²) in [7, 11) is 0. The molecule has 0 bridgehead atoms. The first-order valence-electron chi connectivity index (χ1n) is 7.85. The van der Waals surface area contributed by atoms with Crippen LogP contribution in [0.3, 0.4) is 0 Å². The number of anilines is 2. The van der Waals surface area contributed by atoms with E-state index in [1.807, 2.05) is 6.07 Å². The summed E-state index contributed by atoms with van der Waals surface area (Å²) in [6.07, 6.45) is 4.71. The molecular formula is C15H24N4OS. The van der Waals surface area contributed by atoms with Gasteiger partial charge in [0, 0.05) is 18.6 Å². The predicted octanol–water partition coefficient (Wildman–Crippen LogP) is 2.12. The van der Waals surface area contributed by atoms with Crippen molar-refractivity contribution in [1.29, 1.82) is 0 Å². The Hall–Kier alpha value is -1.27. The predicted molar refractivity (Wildman–Crippen MR) is 88.0 cm³/mol. The van der Waals surface area contributed by atoms with E-state index in [1.54, 1.807) is 0 Å². The van der Waals surface area contributed by atoms with Crippen LogP contribution in [-0.4, -0.2) is 42.5 Å². The van der Waals surface area contributed by atoms with Crippen LogP contribution in [-0.2, 0) is 0 Å². The van der Waals surface area contributed by atoms with E-state index in [0.717, 1.165) is 30.9 Å². The number of rotatable bonds is 6. The van der Waals surface area contributed by atoms with Gasteiger partial charge >= 0.3 is 0 Å². The van der Waals surface area contributed by atoms with Crippen LogP contribution in [0, 0.1) is 0 Å². The van der Waals surface area contributed by atoms with Gasteiger partial charge in [0.2, 0.25) is 0 Å². The largest absolute Gasteiger partial charge is 0.397 e. The van der Waals surface area contributed by atoms with Gasteiger partial charge in [-0.05, 0) is 44.8 Å². The normalized spacial score (nSPS) is 22.4. The number of thiophene rings is 1. The second kappa shape index (κ2) is 6.23. The number of carbonyl (C=O) groups excluding carboxylic acids is 1. The summed E-state index contributed by atoms with van der Waals surface area (Å²) < 4.78 is 0. The first-order valence-corrected chi connectivity index (χ1v) is 8.67. The highest BCUT2D eigenvalue weighted by atomic mass is 32.1. The van der Waals surface area contributed by atoms with Crippen molar-refractivity contribution in [1.82, 2.24) is 10.2 Å². The third-order valence-electron chi connectivity index (χ3n) is 4.30. The molecule has 1 aromatic heterocycles. The molecule has 116 valence electrons. The van der Waals surface area contributed by atoms with Gasteiger partial charge in [-0.1, -0.05) is 6.92 Å². The van der Waals surface area contributed by atoms with E-state index < -0.39 is 0 Å². The Balaban J connectivity index is 1.57. The summed E-state index contributed by atoms with van der Waals surface area (Å²) in [6.45, 7) is 5.44. The van der Waals surface area contributed by atoms with Crippen molar-refractivity contribution < 1.29 is 4.79 Å². The number of nitrogen functional groups attached to an aromatic ring is 1. The number of nitrogens with zero attached hydrogens (tertiary/aromatic N) is 1. The number of nitrogens with one attached hydrogen (secondary N) is 2. The van der Waals surface area contributed by atoms with E-state index in [0.29, 0.717) is 22.6 Å². The number of likely N-dealkylation sites (tertiary alicyclic amines) is 1. The summed E-state index contributed by atoms with van der Waals surface area (Å²) in [5.74, 6) is -0.0240. The van der Waals surface area contributed by atoms with Crippen LogP contribution in [0.2, 0.25) is 0 Å². The summed E-state index contributed by atoms with van der Waals surface area (Å²) in [6, 6.07) is 2.85. The van der Waals surface area contributed by atoms with Gasteiger partial charge in [-0.15, -0.1) is 11.3 Å². The third kappa shape index (κ3) is 3.49. The number of carbonyl (C=O) groups is 1. The molecule has 1 saturated carbocycles. The van der Waals surface area contributed by atoms with E-state index in [1.165, 1.54) is 30.7 Å². The van der Waals surface area contributed by atoms with Gasteiger partial charge < -0.3 is 16.4 Å². The lowest BCUT2D eigenvalue weighted by Gasteiger charge is -2.22. The quantitative estimate of drug-likeness (QED) is 0.753. The smallest absolute Gasteiger partial charge is 0.263 e. The van der Waals surface area contributed by atoms with Crippen molar-refractivity contribution >= 4 is 27.9 Å². The van der Waals surface area contributed by atoms with E-state index in [4.69, 9.17) is 5.73 Å². The lowest BCUT2D eigenvalue weighted by molar-refractivity contribution is 0.0956. The topological polar surface area (TPSA) is 70.4 Å². The zero-order chi connectivity index (χ0) is 14.8. The highest BCUT2D eigenvalue weighted by molar-refractivity contribution is 7.18. The van der Waals surface area contributed by atoms with Crippen molar-refractivity contribution in [2.24, 2.45) is 0 Å². The number of amides is 1. The lowest BCUT2D eigenvalue weighted by atomic mass is 10.2. The monoisotopic (exact) mass is 308 g/mol. The number of nitrogens with two attached hydrogens (primary N) is 1. The molecule has 3 rings (SSSR count). The van der Waals surface area contributed by atoms with Crippen LogP contribution in [0.1, 0.15) is 42.3 Å². The summed E-state index contributed by atoms with van der Waals surface area (Å²) in [4.78, 5) is 15.2. The number of hydrogen-bond acceptors (Lipinski definition) is 5. The van der Waals surface area contributed by atoms with Crippen molar-refractivity contribution in [3.05, 3.63) is 10.9 Å². The molecule has 1 saturated heterocycles.